The summed E-state index contributed by atoms with van der Waals surface area (Å²) in [5, 5.41) is 0. The van der Waals surface area contributed by atoms with Gasteiger partial charge < -0.3 is 4.42 Å². The Bertz CT molecular complexity index is 541. The first-order valence-corrected chi connectivity index (χ1v) is 8.58. The summed E-state index contributed by atoms with van der Waals surface area (Å²) in [7, 11) is 0. The van der Waals surface area contributed by atoms with Crippen LogP contribution in [0.25, 0.3) is 0 Å². The minimum Gasteiger partial charge on any atom is -0.467 e. The van der Waals surface area contributed by atoms with Crippen molar-refractivity contribution in [1.82, 2.24) is 4.90 Å². The van der Waals surface area contributed by atoms with E-state index in [-0.39, 0.29) is 51.7 Å². The van der Waals surface area contributed by atoms with Gasteiger partial charge in [-0.25, -0.2) is 0 Å². The van der Waals surface area contributed by atoms with E-state index in [9.17, 15) is 9.59 Å². The monoisotopic (exact) mass is 401 g/mol. The van der Waals surface area contributed by atoms with E-state index in [0.717, 1.165) is 6.42 Å². The second-order valence-electron chi connectivity index (χ2n) is 5.85. The molecule has 1 aliphatic heterocycles. The number of imide groups is 1. The van der Waals surface area contributed by atoms with Crippen molar-refractivity contribution in [2.45, 2.75) is 22.6 Å². The van der Waals surface area contributed by atoms with Gasteiger partial charge in [0, 0.05) is 9.65 Å². The molecule has 0 N–H and O–H groups in total. The summed E-state index contributed by atoms with van der Waals surface area (Å²) >= 11 is 7.36. The lowest BCUT2D eigenvalue weighted by atomic mass is 9.81. The van der Waals surface area contributed by atoms with Crippen molar-refractivity contribution in [3.8, 4) is 0 Å². The lowest BCUT2D eigenvalue weighted by molar-refractivity contribution is -0.141. The van der Waals surface area contributed by atoms with E-state index in [2.05, 4.69) is 31.9 Å². The molecular weight excluding hydrogens is 390 g/mol. The number of carbonyl (C=O) groups excluding carboxylic acids is 2. The van der Waals surface area contributed by atoms with E-state index in [0.29, 0.717) is 5.76 Å². The molecule has 0 aromatic carbocycles. The average Bonchev–Trinajstić information content (AvgIpc) is 3.15. The van der Waals surface area contributed by atoms with Gasteiger partial charge >= 0.3 is 0 Å². The molecule has 106 valence electrons. The lowest BCUT2D eigenvalue weighted by Crippen LogP contribution is -2.37. The van der Waals surface area contributed by atoms with Crippen LogP contribution in [0.4, 0.5) is 0 Å². The van der Waals surface area contributed by atoms with Crippen molar-refractivity contribution in [2.75, 3.05) is 0 Å². The summed E-state index contributed by atoms with van der Waals surface area (Å²) in [5.74, 6) is 0.881. The van der Waals surface area contributed by atoms with Crippen LogP contribution in [0.15, 0.2) is 22.8 Å². The zero-order valence-corrected chi connectivity index (χ0v) is 13.7. The number of nitrogens with zero attached hydrogens (tertiary/aromatic N) is 1. The molecule has 4 rings (SSSR count). The number of alkyl halides is 2. The van der Waals surface area contributed by atoms with Crippen LogP contribution >= 0.6 is 31.9 Å². The van der Waals surface area contributed by atoms with Gasteiger partial charge in [0.15, 0.2) is 0 Å². The maximum absolute atomic E-state index is 12.6. The van der Waals surface area contributed by atoms with Crippen LogP contribution in [-0.4, -0.2) is 26.4 Å². The van der Waals surface area contributed by atoms with Crippen molar-refractivity contribution in [3.05, 3.63) is 24.2 Å². The van der Waals surface area contributed by atoms with Crippen LogP contribution in [-0.2, 0) is 16.1 Å². The highest BCUT2D eigenvalue weighted by Crippen LogP contribution is 2.60. The van der Waals surface area contributed by atoms with Gasteiger partial charge in [0.25, 0.3) is 0 Å². The molecule has 1 aromatic heterocycles. The fourth-order valence-corrected chi connectivity index (χ4v) is 6.00. The maximum atomic E-state index is 12.6. The first kappa shape index (κ1) is 13.1. The maximum Gasteiger partial charge on any atom is 0.233 e. The van der Waals surface area contributed by atoms with Crippen molar-refractivity contribution < 1.29 is 14.0 Å². The average molecular weight is 403 g/mol. The molecule has 2 aliphatic carbocycles. The van der Waals surface area contributed by atoms with Gasteiger partial charge in [0.1, 0.15) is 5.76 Å². The van der Waals surface area contributed by atoms with Gasteiger partial charge in [-0.3, -0.25) is 14.5 Å². The highest BCUT2D eigenvalue weighted by molar-refractivity contribution is 9.12. The molecule has 2 bridgehead atoms. The van der Waals surface area contributed by atoms with Gasteiger partial charge in [-0.15, -0.1) is 0 Å². The molecule has 1 aromatic rings. The Kier molecular flexibility index (Phi) is 2.90. The highest BCUT2D eigenvalue weighted by atomic mass is 79.9. The number of fused-ring (bicyclic) bond motifs is 5. The molecule has 2 saturated carbocycles. The summed E-state index contributed by atoms with van der Waals surface area (Å²) in [6, 6.07) is 3.57. The summed E-state index contributed by atoms with van der Waals surface area (Å²) < 4.78 is 5.26. The summed E-state index contributed by atoms with van der Waals surface area (Å²) in [5.41, 5.74) is 0. The Morgan fingerprint density at radius 2 is 1.75 bits per heavy atom. The molecule has 4 nitrogen and oxygen atoms in total. The van der Waals surface area contributed by atoms with E-state index in [1.165, 1.54) is 4.90 Å². The van der Waals surface area contributed by atoms with Gasteiger partial charge in [-0.2, -0.15) is 0 Å². The third-order valence-electron chi connectivity index (χ3n) is 4.97. The fraction of sp³-hybridized carbons (Fsp3) is 0.571. The molecule has 6 heteroatoms. The van der Waals surface area contributed by atoms with Crippen LogP contribution in [0.2, 0.25) is 0 Å². The normalized spacial score (nSPS) is 42.6. The minimum absolute atomic E-state index is 0.0206. The zero-order chi connectivity index (χ0) is 14.0. The Balaban J connectivity index is 1.64. The molecule has 2 amide bonds. The van der Waals surface area contributed by atoms with Crippen LogP contribution in [0.1, 0.15) is 12.2 Å². The molecule has 2 heterocycles. The minimum atomic E-state index is -0.138. The standard InChI is InChI=1S/C14H13Br2NO3/c15-11-7-4-8(12(11)16)10-9(7)13(18)17(14(10)19)5-6-2-1-3-20-6/h1-3,7-12H,4-5H2/t7-,8-,9-,10-,11-,12+/m0/s1. The van der Waals surface area contributed by atoms with E-state index in [4.69, 9.17) is 4.42 Å². The number of carbonyl (C=O) groups is 2. The number of rotatable bonds is 2. The molecule has 6 atom stereocenters. The topological polar surface area (TPSA) is 50.5 Å². The number of hydrogen-bond donors (Lipinski definition) is 0. The van der Waals surface area contributed by atoms with E-state index < -0.39 is 0 Å². The van der Waals surface area contributed by atoms with Crippen molar-refractivity contribution in [2.24, 2.45) is 23.7 Å². The van der Waals surface area contributed by atoms with E-state index in [1.54, 1.807) is 18.4 Å². The molecule has 0 unspecified atom stereocenters. The predicted molar refractivity (Wildman–Crippen MR) is 78.3 cm³/mol. The lowest BCUT2D eigenvalue weighted by Gasteiger charge is -2.28. The molecule has 0 spiro atoms. The number of hydrogen-bond acceptors (Lipinski definition) is 3. The van der Waals surface area contributed by atoms with Crippen molar-refractivity contribution >= 4 is 43.7 Å². The Labute approximate surface area is 133 Å². The Hall–Kier alpha value is -0.620. The van der Waals surface area contributed by atoms with Crippen LogP contribution in [0.5, 0.6) is 0 Å². The third-order valence-corrected chi connectivity index (χ3v) is 8.18. The number of halogens is 2. The van der Waals surface area contributed by atoms with Crippen LogP contribution < -0.4 is 0 Å². The number of amides is 2. The SMILES string of the molecule is O=C1[C@H]2[C@@H]3C[C@H]([C@@H](Br)[C@H]3Br)[C@@H]2C(=O)N1Cc1ccco1. The molecule has 20 heavy (non-hydrogen) atoms. The summed E-state index contributed by atoms with van der Waals surface area (Å²) in [6.07, 6.45) is 2.53. The second-order valence-corrected chi connectivity index (χ2v) is 7.96. The largest absolute Gasteiger partial charge is 0.467 e. The number of furan rings is 1. The smallest absolute Gasteiger partial charge is 0.233 e. The fourth-order valence-electron chi connectivity index (χ4n) is 4.12. The first-order valence-electron chi connectivity index (χ1n) is 6.75. The Morgan fingerprint density at radius 1 is 1.15 bits per heavy atom. The predicted octanol–water partition coefficient (Wildman–Crippen LogP) is 2.56. The van der Waals surface area contributed by atoms with Crippen molar-refractivity contribution in [3.63, 3.8) is 0 Å². The second kappa shape index (κ2) is 4.44. The first-order chi connectivity index (χ1) is 9.59. The van der Waals surface area contributed by atoms with E-state index >= 15 is 0 Å². The summed E-state index contributed by atoms with van der Waals surface area (Å²) in [6.45, 7) is 0.261. The van der Waals surface area contributed by atoms with Crippen LogP contribution in [0, 0.1) is 23.7 Å². The number of likely N-dealkylation sites (tertiary alicyclic amines) is 1. The van der Waals surface area contributed by atoms with Crippen molar-refractivity contribution in [1.29, 1.82) is 0 Å². The van der Waals surface area contributed by atoms with Gasteiger partial charge in [0.05, 0.1) is 24.6 Å². The van der Waals surface area contributed by atoms with Gasteiger partial charge in [-0.05, 0) is 30.4 Å². The highest BCUT2D eigenvalue weighted by Gasteiger charge is 2.66. The molecule has 1 saturated heterocycles. The molecule has 3 aliphatic rings. The van der Waals surface area contributed by atoms with Gasteiger partial charge in [0.2, 0.25) is 11.8 Å². The quantitative estimate of drug-likeness (QED) is 0.564. The van der Waals surface area contributed by atoms with Gasteiger partial charge in [-0.1, -0.05) is 31.9 Å². The van der Waals surface area contributed by atoms with Crippen LogP contribution in [0.3, 0.4) is 0 Å². The molecule has 0 radical (unpaired) electrons. The molecule has 3 fully saturated rings. The summed E-state index contributed by atoms with van der Waals surface area (Å²) in [4.78, 5) is 27.1. The van der Waals surface area contributed by atoms with E-state index in [1.807, 2.05) is 0 Å². The molecular formula is C14H13Br2NO3. The Morgan fingerprint density at radius 3 is 2.25 bits per heavy atom. The third kappa shape index (κ3) is 1.58. The zero-order valence-electron chi connectivity index (χ0n) is 10.5.